The second kappa shape index (κ2) is 6.66. The highest BCUT2D eigenvalue weighted by Crippen LogP contribution is 2.19. The maximum absolute atomic E-state index is 13.4. The van der Waals surface area contributed by atoms with Crippen LogP contribution in [0.3, 0.4) is 0 Å². The first kappa shape index (κ1) is 15.4. The molecular formula is C15H13FN2O4. The molecule has 6 nitrogen and oxygen atoms in total. The number of amides is 1. The Morgan fingerprint density at radius 2 is 1.86 bits per heavy atom. The van der Waals surface area contributed by atoms with Crippen LogP contribution >= 0.6 is 0 Å². The smallest absolute Gasteiger partial charge is 0.269 e. The molecule has 0 heterocycles. The molecular weight excluding hydrogens is 291 g/mol. The standard InChI is InChI=1S/C15H13FN2O4/c1-10(22-14-5-3-2-4-13(14)16)15(19)17-11-6-8-12(9-7-11)18(20)21/h2-10H,1H3,(H,17,19)/t10-/m1/s1. The number of anilines is 1. The molecule has 0 aliphatic heterocycles. The number of benzene rings is 2. The SMILES string of the molecule is C[C@@H](Oc1ccccc1F)C(=O)Nc1ccc([N+](=O)[O-])cc1. The Morgan fingerprint density at radius 1 is 1.23 bits per heavy atom. The molecule has 0 aliphatic carbocycles. The van der Waals surface area contributed by atoms with Crippen molar-refractivity contribution in [1.82, 2.24) is 0 Å². The highest BCUT2D eigenvalue weighted by Gasteiger charge is 2.17. The molecule has 0 aliphatic rings. The second-order valence-electron chi connectivity index (χ2n) is 4.48. The van der Waals surface area contributed by atoms with E-state index >= 15 is 0 Å². The molecule has 7 heteroatoms. The Morgan fingerprint density at radius 3 is 2.45 bits per heavy atom. The number of nitro groups is 1. The number of ether oxygens (including phenoxy) is 1. The Hall–Kier alpha value is -2.96. The van der Waals surface area contributed by atoms with E-state index < -0.39 is 22.8 Å². The molecule has 1 amide bonds. The first-order valence-corrected chi connectivity index (χ1v) is 6.44. The number of rotatable bonds is 5. The van der Waals surface area contributed by atoms with Crippen molar-refractivity contribution in [2.75, 3.05) is 5.32 Å². The fourth-order valence-corrected chi connectivity index (χ4v) is 1.69. The molecule has 114 valence electrons. The monoisotopic (exact) mass is 304 g/mol. The van der Waals surface area contributed by atoms with E-state index in [1.165, 1.54) is 49.4 Å². The molecule has 0 aromatic heterocycles. The van der Waals surface area contributed by atoms with Crippen molar-refractivity contribution in [3.05, 3.63) is 64.5 Å². The lowest BCUT2D eigenvalue weighted by Gasteiger charge is -2.15. The summed E-state index contributed by atoms with van der Waals surface area (Å²) in [5, 5.41) is 13.1. The van der Waals surface area contributed by atoms with Gasteiger partial charge in [-0.05, 0) is 31.2 Å². The van der Waals surface area contributed by atoms with Crippen molar-refractivity contribution in [2.45, 2.75) is 13.0 Å². The number of hydrogen-bond donors (Lipinski definition) is 1. The van der Waals surface area contributed by atoms with Crippen molar-refractivity contribution in [3.8, 4) is 5.75 Å². The lowest BCUT2D eigenvalue weighted by molar-refractivity contribution is -0.384. The number of nitrogens with one attached hydrogen (secondary N) is 1. The summed E-state index contributed by atoms with van der Waals surface area (Å²) in [5.41, 5.74) is 0.313. The molecule has 0 unspecified atom stereocenters. The van der Waals surface area contributed by atoms with E-state index in [2.05, 4.69) is 5.32 Å². The number of halogens is 1. The summed E-state index contributed by atoms with van der Waals surface area (Å²) in [7, 11) is 0. The van der Waals surface area contributed by atoms with Gasteiger partial charge < -0.3 is 10.1 Å². The van der Waals surface area contributed by atoms with Crippen LogP contribution in [0.2, 0.25) is 0 Å². The number of nitrogens with zero attached hydrogens (tertiary/aromatic N) is 1. The summed E-state index contributed by atoms with van der Waals surface area (Å²) in [5.74, 6) is -1.07. The molecule has 2 aromatic carbocycles. The molecule has 0 fully saturated rings. The van der Waals surface area contributed by atoms with Gasteiger partial charge in [-0.25, -0.2) is 4.39 Å². The molecule has 2 rings (SSSR count). The average molecular weight is 304 g/mol. The van der Waals surface area contributed by atoms with Crippen molar-refractivity contribution >= 4 is 17.3 Å². The van der Waals surface area contributed by atoms with Gasteiger partial charge in [-0.15, -0.1) is 0 Å². The van der Waals surface area contributed by atoms with Gasteiger partial charge in [0.25, 0.3) is 11.6 Å². The van der Waals surface area contributed by atoms with Gasteiger partial charge in [0.2, 0.25) is 0 Å². The minimum absolute atomic E-state index is 0.0196. The van der Waals surface area contributed by atoms with E-state index in [0.29, 0.717) is 5.69 Å². The molecule has 0 saturated carbocycles. The third kappa shape index (κ3) is 3.78. The zero-order chi connectivity index (χ0) is 16.1. The van der Waals surface area contributed by atoms with Crippen LogP contribution in [0.4, 0.5) is 15.8 Å². The number of carbonyl (C=O) groups excluding carboxylic acids is 1. The third-order valence-electron chi connectivity index (χ3n) is 2.86. The Kier molecular flexibility index (Phi) is 4.67. The van der Waals surface area contributed by atoms with Gasteiger partial charge in [0, 0.05) is 17.8 Å². The fourth-order valence-electron chi connectivity index (χ4n) is 1.69. The Labute approximate surface area is 125 Å². The zero-order valence-corrected chi connectivity index (χ0v) is 11.7. The molecule has 1 atom stereocenters. The minimum Gasteiger partial charge on any atom is -0.478 e. The van der Waals surface area contributed by atoms with Crippen LogP contribution < -0.4 is 10.1 Å². The summed E-state index contributed by atoms with van der Waals surface area (Å²) in [4.78, 5) is 22.0. The van der Waals surface area contributed by atoms with E-state index in [0.717, 1.165) is 0 Å². The first-order chi connectivity index (χ1) is 10.5. The van der Waals surface area contributed by atoms with Crippen LogP contribution in [0.1, 0.15) is 6.92 Å². The number of carbonyl (C=O) groups is 1. The zero-order valence-electron chi connectivity index (χ0n) is 11.7. The van der Waals surface area contributed by atoms with Crippen LogP contribution in [0, 0.1) is 15.9 Å². The van der Waals surface area contributed by atoms with E-state index in [1.54, 1.807) is 6.07 Å². The summed E-state index contributed by atoms with van der Waals surface area (Å²) in [6.07, 6.45) is -0.924. The van der Waals surface area contributed by atoms with Gasteiger partial charge in [-0.1, -0.05) is 12.1 Å². The topological polar surface area (TPSA) is 81.5 Å². The molecule has 0 saturated heterocycles. The minimum atomic E-state index is -0.924. The molecule has 0 spiro atoms. The van der Waals surface area contributed by atoms with Gasteiger partial charge in [0.05, 0.1) is 4.92 Å². The van der Waals surface area contributed by atoms with Gasteiger partial charge in [-0.3, -0.25) is 14.9 Å². The van der Waals surface area contributed by atoms with E-state index in [9.17, 15) is 19.3 Å². The normalized spacial score (nSPS) is 11.5. The summed E-state index contributed by atoms with van der Waals surface area (Å²) >= 11 is 0. The van der Waals surface area contributed by atoms with Crippen molar-refractivity contribution < 1.29 is 18.8 Å². The number of para-hydroxylation sites is 1. The van der Waals surface area contributed by atoms with Gasteiger partial charge in [0.15, 0.2) is 17.7 Å². The van der Waals surface area contributed by atoms with E-state index in [4.69, 9.17) is 4.74 Å². The fraction of sp³-hybridized carbons (Fsp3) is 0.133. The van der Waals surface area contributed by atoms with Crippen LogP contribution in [0.15, 0.2) is 48.5 Å². The summed E-state index contributed by atoms with van der Waals surface area (Å²) in [6.45, 7) is 1.48. The summed E-state index contributed by atoms with van der Waals surface area (Å²) < 4.78 is 18.7. The molecule has 0 radical (unpaired) electrons. The van der Waals surface area contributed by atoms with Crippen molar-refractivity contribution in [3.63, 3.8) is 0 Å². The first-order valence-electron chi connectivity index (χ1n) is 6.44. The quantitative estimate of drug-likeness (QED) is 0.679. The summed E-state index contributed by atoms with van der Waals surface area (Å²) in [6, 6.07) is 11.1. The van der Waals surface area contributed by atoms with Gasteiger partial charge in [-0.2, -0.15) is 0 Å². The second-order valence-corrected chi connectivity index (χ2v) is 4.48. The van der Waals surface area contributed by atoms with E-state index in [1.807, 2.05) is 0 Å². The highest BCUT2D eigenvalue weighted by molar-refractivity contribution is 5.94. The molecule has 1 N–H and O–H groups in total. The highest BCUT2D eigenvalue weighted by atomic mass is 19.1. The Bertz CT molecular complexity index is 688. The van der Waals surface area contributed by atoms with E-state index in [-0.39, 0.29) is 11.4 Å². The Balaban J connectivity index is 1.99. The molecule has 0 bridgehead atoms. The van der Waals surface area contributed by atoms with Crippen molar-refractivity contribution in [2.24, 2.45) is 0 Å². The van der Waals surface area contributed by atoms with Gasteiger partial charge >= 0.3 is 0 Å². The third-order valence-corrected chi connectivity index (χ3v) is 2.86. The lowest BCUT2D eigenvalue weighted by Crippen LogP contribution is -2.30. The molecule has 22 heavy (non-hydrogen) atoms. The predicted molar refractivity (Wildman–Crippen MR) is 78.2 cm³/mol. The lowest BCUT2D eigenvalue weighted by atomic mass is 10.2. The number of hydrogen-bond acceptors (Lipinski definition) is 4. The predicted octanol–water partition coefficient (Wildman–Crippen LogP) is 3.14. The maximum atomic E-state index is 13.4. The number of nitro benzene ring substituents is 1. The largest absolute Gasteiger partial charge is 0.478 e. The van der Waals surface area contributed by atoms with Crippen molar-refractivity contribution in [1.29, 1.82) is 0 Å². The molecule has 2 aromatic rings. The van der Waals surface area contributed by atoms with Crippen LogP contribution in [-0.2, 0) is 4.79 Å². The number of non-ortho nitro benzene ring substituents is 1. The van der Waals surface area contributed by atoms with Crippen LogP contribution in [0.5, 0.6) is 5.75 Å². The van der Waals surface area contributed by atoms with Crippen LogP contribution in [-0.4, -0.2) is 16.9 Å². The van der Waals surface area contributed by atoms with Gasteiger partial charge in [0.1, 0.15) is 0 Å². The van der Waals surface area contributed by atoms with Crippen LogP contribution in [0.25, 0.3) is 0 Å². The average Bonchev–Trinajstić information content (AvgIpc) is 2.50. The maximum Gasteiger partial charge on any atom is 0.269 e.